The Bertz CT molecular complexity index is 496. The topological polar surface area (TPSA) is 54.0 Å². The van der Waals surface area contributed by atoms with Crippen LogP contribution >= 0.6 is 11.8 Å². The van der Waals surface area contributed by atoms with Crippen LogP contribution in [0.3, 0.4) is 0 Å². The number of nitrogens with one attached hydrogen (secondary N) is 1. The maximum Gasteiger partial charge on any atom is 0.161 e. The summed E-state index contributed by atoms with van der Waals surface area (Å²) in [7, 11) is 1.65. The number of hydrogen-bond donors (Lipinski definition) is 2. The number of ether oxygens (including phenoxy) is 2. The van der Waals surface area contributed by atoms with E-state index in [4.69, 9.17) is 9.47 Å². The number of benzene rings is 1. The molecule has 1 aromatic rings. The summed E-state index contributed by atoms with van der Waals surface area (Å²) in [6.45, 7) is 4.98. The molecule has 0 amide bonds. The van der Waals surface area contributed by atoms with Gasteiger partial charge < -0.3 is 24.8 Å². The zero-order valence-electron chi connectivity index (χ0n) is 15.5. The molecule has 142 valence electrons. The first-order valence-corrected chi connectivity index (χ1v) is 10.5. The van der Waals surface area contributed by atoms with Gasteiger partial charge in [0.1, 0.15) is 12.7 Å². The minimum atomic E-state index is -0.472. The molecule has 0 unspecified atom stereocenters. The molecule has 2 N–H and O–H groups in total. The fraction of sp³-hybridized carbons (Fsp3) is 0.684. The Hall–Kier alpha value is -0.950. The number of aliphatic hydroxyl groups is 1. The molecule has 2 rings (SSSR count). The summed E-state index contributed by atoms with van der Waals surface area (Å²) in [4.78, 5) is 2.29. The van der Waals surface area contributed by atoms with Crippen LogP contribution in [0, 0.1) is 0 Å². The van der Waals surface area contributed by atoms with Crippen molar-refractivity contribution >= 4 is 11.8 Å². The first-order chi connectivity index (χ1) is 12.2. The van der Waals surface area contributed by atoms with Gasteiger partial charge in [0.05, 0.1) is 7.11 Å². The molecule has 0 aromatic heterocycles. The zero-order chi connectivity index (χ0) is 17.9. The van der Waals surface area contributed by atoms with E-state index >= 15 is 0 Å². The number of methoxy groups -OCH3 is 1. The molecule has 5 nitrogen and oxygen atoms in total. The lowest BCUT2D eigenvalue weighted by atomic mass is 10.2. The summed E-state index contributed by atoms with van der Waals surface area (Å²) >= 11 is 1.87. The molecule has 1 aliphatic heterocycles. The number of nitrogens with zero attached hydrogens (tertiary/aromatic N) is 1. The Kier molecular flexibility index (Phi) is 9.47. The highest BCUT2D eigenvalue weighted by molar-refractivity contribution is 7.98. The number of thioether (sulfide) groups is 1. The largest absolute Gasteiger partial charge is 0.493 e. The Morgan fingerprint density at radius 2 is 2.08 bits per heavy atom. The monoisotopic (exact) mass is 368 g/mol. The summed E-state index contributed by atoms with van der Waals surface area (Å²) in [5, 5.41) is 13.6. The molecule has 1 heterocycles. The van der Waals surface area contributed by atoms with Gasteiger partial charge in [-0.3, -0.25) is 0 Å². The van der Waals surface area contributed by atoms with Crippen LogP contribution in [0.2, 0.25) is 0 Å². The molecule has 6 heteroatoms. The van der Waals surface area contributed by atoms with Crippen LogP contribution in [0.5, 0.6) is 11.5 Å². The van der Waals surface area contributed by atoms with Crippen molar-refractivity contribution in [1.29, 1.82) is 0 Å². The second-order valence-electron chi connectivity index (χ2n) is 6.48. The van der Waals surface area contributed by atoms with Crippen molar-refractivity contribution in [2.45, 2.75) is 31.9 Å². The molecule has 0 saturated carbocycles. The first kappa shape index (κ1) is 20.4. The van der Waals surface area contributed by atoms with Crippen molar-refractivity contribution in [3.8, 4) is 11.5 Å². The lowest BCUT2D eigenvalue weighted by Gasteiger charge is -2.20. The first-order valence-electron chi connectivity index (χ1n) is 9.12. The molecule has 1 atom stereocenters. The fourth-order valence-electron chi connectivity index (χ4n) is 3.02. The van der Waals surface area contributed by atoms with Gasteiger partial charge in [0.2, 0.25) is 0 Å². The van der Waals surface area contributed by atoms with Gasteiger partial charge in [-0.1, -0.05) is 6.07 Å². The van der Waals surface area contributed by atoms with Crippen LogP contribution in [0.4, 0.5) is 0 Å². The molecule has 1 aromatic carbocycles. The van der Waals surface area contributed by atoms with Crippen LogP contribution in [-0.4, -0.2) is 68.0 Å². The van der Waals surface area contributed by atoms with E-state index in [2.05, 4.69) is 16.5 Å². The summed E-state index contributed by atoms with van der Waals surface area (Å²) in [5.74, 6) is 2.59. The number of β-amino-alcohol motifs (C(OH)–C–C–N with tert-alkyl or cyclic N) is 1. The summed E-state index contributed by atoms with van der Waals surface area (Å²) < 4.78 is 11.2. The normalized spacial score (nSPS) is 16.1. The SMILES string of the molecule is COc1cc(CNCCCSC)ccc1OC[C@@H](O)CN1CCCC1. The highest BCUT2D eigenvalue weighted by atomic mass is 32.2. The van der Waals surface area contributed by atoms with Crippen LogP contribution in [0.25, 0.3) is 0 Å². The minimum absolute atomic E-state index is 0.291. The molecule has 0 radical (unpaired) electrons. The molecule has 0 spiro atoms. The summed E-state index contributed by atoms with van der Waals surface area (Å²) in [5.41, 5.74) is 1.17. The molecule has 1 aliphatic rings. The lowest BCUT2D eigenvalue weighted by molar-refractivity contribution is 0.0747. The third-order valence-corrected chi connectivity index (χ3v) is 5.05. The summed E-state index contributed by atoms with van der Waals surface area (Å²) in [6.07, 6.45) is 5.29. The third kappa shape index (κ3) is 7.44. The molecule has 0 aliphatic carbocycles. The zero-order valence-corrected chi connectivity index (χ0v) is 16.3. The number of rotatable bonds is 12. The Labute approximate surface area is 156 Å². The van der Waals surface area contributed by atoms with E-state index in [9.17, 15) is 5.11 Å². The minimum Gasteiger partial charge on any atom is -0.493 e. The van der Waals surface area contributed by atoms with E-state index in [1.165, 1.54) is 30.6 Å². The van der Waals surface area contributed by atoms with E-state index in [0.29, 0.717) is 18.9 Å². The molecule has 1 saturated heterocycles. The lowest BCUT2D eigenvalue weighted by Crippen LogP contribution is -2.33. The highest BCUT2D eigenvalue weighted by Gasteiger charge is 2.16. The smallest absolute Gasteiger partial charge is 0.161 e. The van der Waals surface area contributed by atoms with Crippen molar-refractivity contribution in [2.24, 2.45) is 0 Å². The van der Waals surface area contributed by atoms with Crippen LogP contribution in [0.1, 0.15) is 24.8 Å². The van der Waals surface area contributed by atoms with Crippen molar-refractivity contribution in [2.75, 3.05) is 51.9 Å². The quantitative estimate of drug-likeness (QED) is 0.553. The van der Waals surface area contributed by atoms with E-state index in [1.54, 1.807) is 7.11 Å². The Balaban J connectivity index is 1.77. The average molecular weight is 369 g/mol. The standard InChI is InChI=1S/C19H32N2O3S/c1-23-19-12-16(13-20-8-5-11-25-2)6-7-18(19)24-15-17(22)14-21-9-3-4-10-21/h6-7,12,17,20,22H,3-5,8-11,13-15H2,1-2H3/t17-/m0/s1. The third-order valence-electron chi connectivity index (χ3n) is 4.36. The molecular weight excluding hydrogens is 336 g/mol. The number of aliphatic hydroxyl groups excluding tert-OH is 1. The van der Waals surface area contributed by atoms with E-state index in [1.807, 2.05) is 30.0 Å². The van der Waals surface area contributed by atoms with Gasteiger partial charge in [-0.15, -0.1) is 0 Å². The van der Waals surface area contributed by atoms with Crippen molar-refractivity contribution in [3.63, 3.8) is 0 Å². The summed E-state index contributed by atoms with van der Waals surface area (Å²) in [6, 6.07) is 5.98. The van der Waals surface area contributed by atoms with E-state index in [-0.39, 0.29) is 0 Å². The predicted octanol–water partition coefficient (Wildman–Crippen LogP) is 2.37. The number of likely N-dealkylation sites (tertiary alicyclic amines) is 1. The highest BCUT2D eigenvalue weighted by Crippen LogP contribution is 2.28. The number of hydrogen-bond acceptors (Lipinski definition) is 6. The van der Waals surface area contributed by atoms with Crippen molar-refractivity contribution < 1.29 is 14.6 Å². The van der Waals surface area contributed by atoms with Gasteiger partial charge in [0.25, 0.3) is 0 Å². The Morgan fingerprint density at radius 3 is 2.80 bits per heavy atom. The van der Waals surface area contributed by atoms with Gasteiger partial charge in [0, 0.05) is 13.1 Å². The average Bonchev–Trinajstić information content (AvgIpc) is 3.13. The maximum absolute atomic E-state index is 10.2. The molecular formula is C19H32N2O3S. The molecule has 1 fully saturated rings. The fourth-order valence-corrected chi connectivity index (χ4v) is 3.45. The second kappa shape index (κ2) is 11.6. The van der Waals surface area contributed by atoms with Crippen molar-refractivity contribution in [1.82, 2.24) is 10.2 Å². The van der Waals surface area contributed by atoms with Crippen LogP contribution in [-0.2, 0) is 6.54 Å². The van der Waals surface area contributed by atoms with Gasteiger partial charge in [0.15, 0.2) is 11.5 Å². The van der Waals surface area contributed by atoms with E-state index < -0.39 is 6.10 Å². The van der Waals surface area contributed by atoms with Gasteiger partial charge >= 0.3 is 0 Å². The molecule has 25 heavy (non-hydrogen) atoms. The predicted molar refractivity (Wildman–Crippen MR) is 105 cm³/mol. The molecule has 0 bridgehead atoms. The van der Waals surface area contributed by atoms with Crippen LogP contribution in [0.15, 0.2) is 18.2 Å². The van der Waals surface area contributed by atoms with Gasteiger partial charge in [-0.05, 0) is 68.6 Å². The van der Waals surface area contributed by atoms with Crippen LogP contribution < -0.4 is 14.8 Å². The second-order valence-corrected chi connectivity index (χ2v) is 7.47. The van der Waals surface area contributed by atoms with E-state index in [0.717, 1.165) is 31.9 Å². The van der Waals surface area contributed by atoms with Gasteiger partial charge in [-0.25, -0.2) is 0 Å². The maximum atomic E-state index is 10.2. The Morgan fingerprint density at radius 1 is 1.28 bits per heavy atom. The van der Waals surface area contributed by atoms with Gasteiger partial charge in [-0.2, -0.15) is 11.8 Å². The van der Waals surface area contributed by atoms with Crippen molar-refractivity contribution in [3.05, 3.63) is 23.8 Å².